The van der Waals surface area contributed by atoms with Crippen LogP contribution < -0.4 is 0 Å². The first-order valence-corrected chi connectivity index (χ1v) is 4.77. The molecule has 0 amide bonds. The summed E-state index contributed by atoms with van der Waals surface area (Å²) in [6.07, 6.45) is 1.54. The molecule has 0 N–H and O–H groups in total. The molecule has 0 radical (unpaired) electrons. The zero-order valence-electron chi connectivity index (χ0n) is 8.29. The Morgan fingerprint density at radius 3 is 2.38 bits per heavy atom. The molecule has 1 aromatic carbocycles. The van der Waals surface area contributed by atoms with Gasteiger partial charge in [0.15, 0.2) is 0 Å². The molecule has 0 aliphatic carbocycles. The predicted molar refractivity (Wildman–Crippen MR) is 54.6 cm³/mol. The standard InChI is InChI=1S/C12H16O/c1-10(2)12(13)9-8-11-6-4-3-5-7-11/h3-7,10H,8-9H2,1-2H3. The Bertz CT molecular complexity index is 262. The number of ketones is 1. The van der Waals surface area contributed by atoms with Gasteiger partial charge < -0.3 is 0 Å². The second-order valence-electron chi connectivity index (χ2n) is 3.61. The average molecular weight is 176 g/mol. The molecule has 1 rings (SSSR count). The third-order valence-corrected chi connectivity index (χ3v) is 2.15. The highest BCUT2D eigenvalue weighted by Gasteiger charge is 2.06. The highest BCUT2D eigenvalue weighted by atomic mass is 16.1. The van der Waals surface area contributed by atoms with Crippen molar-refractivity contribution in [1.29, 1.82) is 0 Å². The van der Waals surface area contributed by atoms with Crippen LogP contribution in [0.4, 0.5) is 0 Å². The third-order valence-electron chi connectivity index (χ3n) is 2.15. The number of hydrogen-bond donors (Lipinski definition) is 0. The van der Waals surface area contributed by atoms with Crippen LogP contribution in [0.2, 0.25) is 0 Å². The number of aryl methyl sites for hydroxylation is 1. The quantitative estimate of drug-likeness (QED) is 0.689. The van der Waals surface area contributed by atoms with Gasteiger partial charge in [-0.1, -0.05) is 44.2 Å². The van der Waals surface area contributed by atoms with E-state index in [4.69, 9.17) is 0 Å². The molecule has 70 valence electrons. The lowest BCUT2D eigenvalue weighted by Crippen LogP contribution is -2.07. The first-order valence-electron chi connectivity index (χ1n) is 4.77. The maximum Gasteiger partial charge on any atom is 0.135 e. The van der Waals surface area contributed by atoms with Crippen molar-refractivity contribution in [3.63, 3.8) is 0 Å². The minimum atomic E-state index is 0.170. The lowest BCUT2D eigenvalue weighted by molar-refractivity contribution is -0.121. The first-order chi connectivity index (χ1) is 6.20. The SMILES string of the molecule is CC(C)C(=O)CCc1ccccc1. The molecule has 0 unspecified atom stereocenters. The molecular formula is C12H16O. The van der Waals surface area contributed by atoms with E-state index in [0.717, 1.165) is 6.42 Å². The van der Waals surface area contributed by atoms with Crippen molar-refractivity contribution >= 4 is 5.78 Å². The summed E-state index contributed by atoms with van der Waals surface area (Å²) in [6, 6.07) is 10.1. The number of rotatable bonds is 4. The van der Waals surface area contributed by atoms with Crippen LogP contribution in [0.5, 0.6) is 0 Å². The Morgan fingerprint density at radius 2 is 1.85 bits per heavy atom. The van der Waals surface area contributed by atoms with E-state index in [1.807, 2.05) is 32.0 Å². The van der Waals surface area contributed by atoms with Gasteiger partial charge in [-0.05, 0) is 12.0 Å². The molecule has 0 bridgehead atoms. The molecule has 1 aromatic rings. The first kappa shape index (κ1) is 9.97. The summed E-state index contributed by atoms with van der Waals surface area (Å²) in [5.74, 6) is 0.521. The van der Waals surface area contributed by atoms with Crippen molar-refractivity contribution in [3.8, 4) is 0 Å². The zero-order valence-corrected chi connectivity index (χ0v) is 8.29. The summed E-state index contributed by atoms with van der Waals surface area (Å²) < 4.78 is 0. The van der Waals surface area contributed by atoms with E-state index < -0.39 is 0 Å². The molecule has 0 heterocycles. The summed E-state index contributed by atoms with van der Waals surface area (Å²) in [7, 11) is 0. The molecule has 0 aliphatic heterocycles. The number of Topliss-reactive ketones (excluding diaryl/α,β-unsaturated/α-hetero) is 1. The van der Waals surface area contributed by atoms with Gasteiger partial charge >= 0.3 is 0 Å². The van der Waals surface area contributed by atoms with Crippen LogP contribution in [0.3, 0.4) is 0 Å². The Labute approximate surface area is 79.8 Å². The Balaban J connectivity index is 2.40. The second-order valence-corrected chi connectivity index (χ2v) is 3.61. The number of benzene rings is 1. The largest absolute Gasteiger partial charge is 0.299 e. The van der Waals surface area contributed by atoms with Crippen molar-refractivity contribution in [2.24, 2.45) is 5.92 Å². The topological polar surface area (TPSA) is 17.1 Å². The summed E-state index contributed by atoms with van der Waals surface area (Å²) in [5, 5.41) is 0. The van der Waals surface area contributed by atoms with Crippen LogP contribution >= 0.6 is 0 Å². The monoisotopic (exact) mass is 176 g/mol. The van der Waals surface area contributed by atoms with Gasteiger partial charge in [-0.3, -0.25) is 4.79 Å². The van der Waals surface area contributed by atoms with Gasteiger partial charge in [0.1, 0.15) is 5.78 Å². The molecule has 0 aliphatic rings. The van der Waals surface area contributed by atoms with Crippen LogP contribution in [0.15, 0.2) is 30.3 Å². The number of carbonyl (C=O) groups excluding carboxylic acids is 1. The Kier molecular flexibility index (Phi) is 3.69. The van der Waals surface area contributed by atoms with Gasteiger partial charge in [-0.2, -0.15) is 0 Å². The van der Waals surface area contributed by atoms with Crippen molar-refractivity contribution < 1.29 is 4.79 Å². The van der Waals surface area contributed by atoms with E-state index in [1.54, 1.807) is 0 Å². The Morgan fingerprint density at radius 1 is 1.23 bits per heavy atom. The summed E-state index contributed by atoms with van der Waals surface area (Å²) >= 11 is 0. The normalized spacial score (nSPS) is 10.4. The third kappa shape index (κ3) is 3.41. The highest BCUT2D eigenvalue weighted by molar-refractivity contribution is 5.80. The van der Waals surface area contributed by atoms with Crippen LogP contribution in [0.25, 0.3) is 0 Å². The molecule has 1 heteroatoms. The maximum absolute atomic E-state index is 11.3. The lowest BCUT2D eigenvalue weighted by atomic mass is 10.0. The van der Waals surface area contributed by atoms with Crippen molar-refractivity contribution in [3.05, 3.63) is 35.9 Å². The van der Waals surface area contributed by atoms with Gasteiger partial charge in [-0.15, -0.1) is 0 Å². The highest BCUT2D eigenvalue weighted by Crippen LogP contribution is 2.06. The van der Waals surface area contributed by atoms with E-state index in [9.17, 15) is 4.79 Å². The minimum Gasteiger partial charge on any atom is -0.299 e. The Hall–Kier alpha value is -1.11. The molecule has 1 nitrogen and oxygen atoms in total. The summed E-state index contributed by atoms with van der Waals surface area (Å²) in [5.41, 5.74) is 1.25. The van der Waals surface area contributed by atoms with Crippen LogP contribution in [-0.2, 0) is 11.2 Å². The van der Waals surface area contributed by atoms with Crippen LogP contribution in [-0.4, -0.2) is 5.78 Å². The van der Waals surface area contributed by atoms with Crippen molar-refractivity contribution in [1.82, 2.24) is 0 Å². The average Bonchev–Trinajstić information content (AvgIpc) is 2.15. The van der Waals surface area contributed by atoms with E-state index in [2.05, 4.69) is 12.1 Å². The van der Waals surface area contributed by atoms with Crippen molar-refractivity contribution in [2.75, 3.05) is 0 Å². The van der Waals surface area contributed by atoms with Gasteiger partial charge in [-0.25, -0.2) is 0 Å². The minimum absolute atomic E-state index is 0.170. The fourth-order valence-corrected chi connectivity index (χ4v) is 1.20. The summed E-state index contributed by atoms with van der Waals surface area (Å²) in [6.45, 7) is 3.90. The number of carbonyl (C=O) groups is 1. The van der Waals surface area contributed by atoms with Gasteiger partial charge in [0.25, 0.3) is 0 Å². The molecule has 0 fully saturated rings. The second kappa shape index (κ2) is 4.80. The smallest absolute Gasteiger partial charge is 0.135 e. The molecule has 0 saturated carbocycles. The summed E-state index contributed by atoms with van der Waals surface area (Å²) in [4.78, 5) is 11.3. The van der Waals surface area contributed by atoms with Gasteiger partial charge in [0.05, 0.1) is 0 Å². The molecule has 0 spiro atoms. The van der Waals surface area contributed by atoms with Crippen LogP contribution in [0.1, 0.15) is 25.8 Å². The zero-order chi connectivity index (χ0) is 9.68. The maximum atomic E-state index is 11.3. The molecular weight excluding hydrogens is 160 g/mol. The van der Waals surface area contributed by atoms with Crippen molar-refractivity contribution in [2.45, 2.75) is 26.7 Å². The van der Waals surface area contributed by atoms with E-state index in [-0.39, 0.29) is 5.92 Å². The van der Waals surface area contributed by atoms with Crippen LogP contribution in [0, 0.1) is 5.92 Å². The molecule has 0 saturated heterocycles. The van der Waals surface area contributed by atoms with Gasteiger partial charge in [0.2, 0.25) is 0 Å². The van der Waals surface area contributed by atoms with E-state index >= 15 is 0 Å². The number of hydrogen-bond acceptors (Lipinski definition) is 1. The van der Waals surface area contributed by atoms with Gasteiger partial charge in [0, 0.05) is 12.3 Å². The molecule has 0 aromatic heterocycles. The fraction of sp³-hybridized carbons (Fsp3) is 0.417. The van der Waals surface area contributed by atoms with E-state index in [1.165, 1.54) is 5.56 Å². The lowest BCUT2D eigenvalue weighted by Gasteiger charge is -2.03. The molecule has 0 atom stereocenters. The fourth-order valence-electron chi connectivity index (χ4n) is 1.20. The predicted octanol–water partition coefficient (Wildman–Crippen LogP) is 2.84. The molecule has 13 heavy (non-hydrogen) atoms. The van der Waals surface area contributed by atoms with E-state index in [0.29, 0.717) is 12.2 Å².